The van der Waals surface area contributed by atoms with Gasteiger partial charge in [-0.05, 0) is 39.0 Å². The Morgan fingerprint density at radius 3 is 2.41 bits per heavy atom. The van der Waals surface area contributed by atoms with Gasteiger partial charge in [-0.2, -0.15) is 13.2 Å². The van der Waals surface area contributed by atoms with Crippen LogP contribution >= 0.6 is 34.8 Å². The number of anilines is 1. The molecule has 0 spiro atoms. The number of rotatable bonds is 4. The van der Waals surface area contributed by atoms with Gasteiger partial charge in [0.1, 0.15) is 24.1 Å². The molecule has 1 heterocycles. The monoisotopic (exact) mass is 520 g/mol. The van der Waals surface area contributed by atoms with Crippen molar-refractivity contribution in [2.75, 3.05) is 25.0 Å². The zero-order chi connectivity index (χ0) is 24.3. The number of hydrogen-bond donors (Lipinski definition) is 1. The number of benzene rings is 1. The Balaban J connectivity index is 2.13. The molecule has 180 valence electrons. The molecular weight excluding hydrogens is 500 g/mol. The highest BCUT2D eigenvalue weighted by atomic mass is 35.6. The average Bonchev–Trinajstić information content (AvgIpc) is 3.07. The molecule has 0 unspecified atom stereocenters. The number of alkyl halides is 6. The summed E-state index contributed by atoms with van der Waals surface area (Å²) in [5.41, 5.74) is -1.97. The van der Waals surface area contributed by atoms with E-state index in [2.05, 4.69) is 5.32 Å². The van der Waals surface area contributed by atoms with E-state index in [1.807, 2.05) is 0 Å². The molecule has 13 heteroatoms. The summed E-state index contributed by atoms with van der Waals surface area (Å²) in [5.74, 6) is -0.0418. The largest absolute Gasteiger partial charge is 0.486 e. The van der Waals surface area contributed by atoms with Crippen LogP contribution in [-0.2, 0) is 15.7 Å². The summed E-state index contributed by atoms with van der Waals surface area (Å²) in [7, 11) is 0. The fourth-order valence-corrected chi connectivity index (χ4v) is 2.86. The van der Waals surface area contributed by atoms with E-state index < -0.39 is 46.0 Å². The molecule has 0 bridgehead atoms. The van der Waals surface area contributed by atoms with Crippen molar-refractivity contribution in [2.45, 2.75) is 48.9 Å². The molecule has 0 aliphatic carbocycles. The minimum absolute atomic E-state index is 0.0418. The highest BCUT2D eigenvalue weighted by Crippen LogP contribution is 2.36. The maximum absolute atomic E-state index is 13.1. The van der Waals surface area contributed by atoms with Gasteiger partial charge in [-0.25, -0.2) is 9.59 Å². The molecule has 7 nitrogen and oxygen atoms in total. The molecule has 1 aliphatic rings. The lowest BCUT2D eigenvalue weighted by molar-refractivity contribution is -0.137. The molecule has 2 amide bonds. The van der Waals surface area contributed by atoms with Crippen molar-refractivity contribution >= 4 is 52.7 Å². The fraction of sp³-hybridized carbons (Fsp3) is 0.579. The number of nitrogens with zero attached hydrogens (tertiary/aromatic N) is 1. The van der Waals surface area contributed by atoms with Crippen molar-refractivity contribution in [3.63, 3.8) is 0 Å². The van der Waals surface area contributed by atoms with Crippen LogP contribution < -0.4 is 10.1 Å². The van der Waals surface area contributed by atoms with Crippen molar-refractivity contribution in [1.29, 1.82) is 0 Å². The summed E-state index contributed by atoms with van der Waals surface area (Å²) < 4.78 is 53.3. The summed E-state index contributed by atoms with van der Waals surface area (Å²) in [6.45, 7) is 5.08. The Kier molecular flexibility index (Phi) is 8.28. The molecule has 0 aromatic heterocycles. The first-order valence-corrected chi connectivity index (χ1v) is 10.5. The van der Waals surface area contributed by atoms with E-state index in [0.29, 0.717) is 19.0 Å². The molecule has 1 aromatic rings. The number of nitrogens with one attached hydrogen (secondary N) is 1. The smallest absolute Gasteiger partial charge is 0.416 e. The minimum atomic E-state index is -4.66. The van der Waals surface area contributed by atoms with Gasteiger partial charge in [-0.15, -0.1) is 0 Å². The Bertz CT molecular complexity index is 841. The van der Waals surface area contributed by atoms with Gasteiger partial charge in [0.25, 0.3) is 0 Å². The van der Waals surface area contributed by atoms with Crippen molar-refractivity contribution in [2.24, 2.45) is 0 Å². The molecule has 1 saturated heterocycles. The number of carbonyl (C=O) groups is 2. The number of amides is 2. The second kappa shape index (κ2) is 10.0. The van der Waals surface area contributed by atoms with Gasteiger partial charge < -0.3 is 19.1 Å². The normalized spacial score (nSPS) is 17.2. The molecule has 1 atom stereocenters. The molecule has 2 rings (SSSR count). The lowest BCUT2D eigenvalue weighted by Crippen LogP contribution is -2.36. The first-order chi connectivity index (χ1) is 14.5. The average molecular weight is 522 g/mol. The number of halogens is 6. The Morgan fingerprint density at radius 1 is 1.19 bits per heavy atom. The number of carbonyl (C=O) groups excluding carboxylic acids is 2. The molecule has 1 aromatic carbocycles. The second-order valence-corrected chi connectivity index (χ2v) is 10.5. The van der Waals surface area contributed by atoms with E-state index in [0.717, 1.165) is 12.1 Å². The zero-order valence-corrected chi connectivity index (χ0v) is 19.7. The van der Waals surface area contributed by atoms with Gasteiger partial charge in [-0.1, -0.05) is 34.8 Å². The quantitative estimate of drug-likeness (QED) is 0.491. The van der Waals surface area contributed by atoms with Crippen LogP contribution in [0.15, 0.2) is 18.2 Å². The van der Waals surface area contributed by atoms with Gasteiger partial charge >= 0.3 is 18.4 Å². The van der Waals surface area contributed by atoms with Crippen molar-refractivity contribution in [3.8, 4) is 5.75 Å². The van der Waals surface area contributed by atoms with E-state index in [-0.39, 0.29) is 18.0 Å². The van der Waals surface area contributed by atoms with Gasteiger partial charge in [0.15, 0.2) is 0 Å². The van der Waals surface area contributed by atoms with Crippen LogP contribution in [0, 0.1) is 0 Å². The summed E-state index contributed by atoms with van der Waals surface area (Å²) >= 11 is 16.5. The van der Waals surface area contributed by atoms with Crippen LogP contribution in [0.2, 0.25) is 0 Å². The van der Waals surface area contributed by atoms with Crippen molar-refractivity contribution in [3.05, 3.63) is 23.8 Å². The van der Waals surface area contributed by atoms with E-state index in [9.17, 15) is 22.8 Å². The van der Waals surface area contributed by atoms with Crippen LogP contribution in [-0.4, -0.2) is 52.3 Å². The standard InChI is InChI=1S/C19H22Cl3F3N2O5/c1-17(2,3)32-16(29)27-7-6-12(9-27)31-14-5-4-11(19(23,24)25)8-13(14)26-15(28)30-10-18(20,21)22/h4-5,8,12H,6-7,9-10H2,1-3H3,(H,26,28)/t12-/m1/s1. The zero-order valence-electron chi connectivity index (χ0n) is 17.4. The highest BCUT2D eigenvalue weighted by Gasteiger charge is 2.34. The van der Waals surface area contributed by atoms with Gasteiger partial charge in [0.2, 0.25) is 3.79 Å². The maximum atomic E-state index is 13.1. The van der Waals surface area contributed by atoms with Gasteiger partial charge in [0.05, 0.1) is 17.8 Å². The molecule has 0 saturated carbocycles. The molecule has 32 heavy (non-hydrogen) atoms. The first-order valence-electron chi connectivity index (χ1n) is 9.40. The van der Waals surface area contributed by atoms with E-state index >= 15 is 0 Å². The second-order valence-electron chi connectivity index (χ2n) is 7.98. The lowest BCUT2D eigenvalue weighted by Gasteiger charge is -2.24. The lowest BCUT2D eigenvalue weighted by atomic mass is 10.1. The third-order valence-corrected chi connectivity index (χ3v) is 4.33. The van der Waals surface area contributed by atoms with Crippen molar-refractivity contribution < 1.29 is 37.0 Å². The summed E-state index contributed by atoms with van der Waals surface area (Å²) in [6.07, 6.45) is -6.43. The number of likely N-dealkylation sites (tertiary alicyclic amines) is 1. The predicted molar refractivity (Wildman–Crippen MR) is 114 cm³/mol. The number of ether oxygens (including phenoxy) is 3. The third kappa shape index (κ3) is 8.63. The Morgan fingerprint density at radius 2 is 1.84 bits per heavy atom. The van der Waals surface area contributed by atoms with E-state index in [1.165, 1.54) is 4.90 Å². The van der Waals surface area contributed by atoms with Crippen LogP contribution in [0.5, 0.6) is 5.75 Å². The van der Waals surface area contributed by atoms with Gasteiger partial charge in [0, 0.05) is 13.0 Å². The first kappa shape index (κ1) is 26.5. The fourth-order valence-electron chi connectivity index (χ4n) is 2.70. The maximum Gasteiger partial charge on any atom is 0.416 e. The summed E-state index contributed by atoms with van der Waals surface area (Å²) in [5, 5.41) is 2.17. The predicted octanol–water partition coefficient (Wildman–Crippen LogP) is 6.01. The summed E-state index contributed by atoms with van der Waals surface area (Å²) in [4.78, 5) is 25.6. The van der Waals surface area contributed by atoms with Crippen LogP contribution in [0.4, 0.5) is 28.4 Å². The van der Waals surface area contributed by atoms with Crippen LogP contribution in [0.3, 0.4) is 0 Å². The van der Waals surface area contributed by atoms with E-state index in [4.69, 9.17) is 49.0 Å². The third-order valence-electron chi connectivity index (χ3n) is 4.00. The van der Waals surface area contributed by atoms with Crippen molar-refractivity contribution in [1.82, 2.24) is 4.90 Å². The minimum Gasteiger partial charge on any atom is -0.486 e. The molecule has 1 N–H and O–H groups in total. The van der Waals surface area contributed by atoms with Gasteiger partial charge in [-0.3, -0.25) is 5.32 Å². The molecule has 1 aliphatic heterocycles. The summed E-state index contributed by atoms with van der Waals surface area (Å²) in [6, 6.07) is 2.59. The van der Waals surface area contributed by atoms with Crippen LogP contribution in [0.1, 0.15) is 32.8 Å². The van der Waals surface area contributed by atoms with Crippen LogP contribution in [0.25, 0.3) is 0 Å². The Hall–Kier alpha value is -1.78. The highest BCUT2D eigenvalue weighted by molar-refractivity contribution is 6.67. The Labute approximate surface area is 198 Å². The topological polar surface area (TPSA) is 77.1 Å². The molecular formula is C19H22Cl3F3N2O5. The molecule has 1 fully saturated rings. The SMILES string of the molecule is CC(C)(C)OC(=O)N1CC[C@@H](Oc2ccc(C(F)(F)F)cc2NC(=O)OCC(Cl)(Cl)Cl)C1. The molecule has 0 radical (unpaired) electrons. The van der Waals surface area contributed by atoms with E-state index in [1.54, 1.807) is 20.8 Å². The number of hydrogen-bond acceptors (Lipinski definition) is 5.